The number of hydrogen-bond acceptors (Lipinski definition) is 3. The number of hydrogen-bond donors (Lipinski definition) is 2. The zero-order chi connectivity index (χ0) is 8.81. The molecule has 0 bridgehead atoms. The Morgan fingerprint density at radius 2 is 2.33 bits per heavy atom. The molecule has 0 atom stereocenters. The molecule has 1 aromatic rings. The predicted molar refractivity (Wildman–Crippen MR) is 57.5 cm³/mol. The van der Waals surface area contributed by atoms with Crippen molar-refractivity contribution in [2.75, 3.05) is 12.3 Å². The molecule has 4 heteroatoms. The Bertz CT molecular complexity index is 242. The smallest absolute Gasteiger partial charge is 0.106 e. The number of rotatable bonds is 4. The maximum Gasteiger partial charge on any atom is 0.106 e. The van der Waals surface area contributed by atoms with Crippen LogP contribution in [-0.4, -0.2) is 17.3 Å². The summed E-state index contributed by atoms with van der Waals surface area (Å²) in [4.78, 5) is 4.27. The summed E-state index contributed by atoms with van der Waals surface area (Å²) >= 11 is 7.41. The third-order valence-corrected chi connectivity index (χ3v) is 2.03. The fourth-order valence-corrected chi connectivity index (χ4v) is 1.38. The minimum Gasteiger partial charge on any atom is -0.310 e. The SMILES string of the molecule is SCCNCc1cccc(Br)n1. The Morgan fingerprint density at radius 3 is 3.00 bits per heavy atom. The lowest BCUT2D eigenvalue weighted by atomic mass is 10.3. The van der Waals surface area contributed by atoms with Crippen molar-refractivity contribution in [3.63, 3.8) is 0 Å². The average Bonchev–Trinajstić information content (AvgIpc) is 2.05. The van der Waals surface area contributed by atoms with E-state index < -0.39 is 0 Å². The molecule has 0 aromatic carbocycles. The summed E-state index contributed by atoms with van der Waals surface area (Å²) in [5.74, 6) is 0.855. The lowest BCUT2D eigenvalue weighted by Crippen LogP contribution is -2.16. The molecular weight excluding hydrogens is 236 g/mol. The van der Waals surface area contributed by atoms with Gasteiger partial charge in [0, 0.05) is 18.8 Å². The number of halogens is 1. The van der Waals surface area contributed by atoms with Crippen molar-refractivity contribution in [2.45, 2.75) is 6.54 Å². The second kappa shape index (κ2) is 5.56. The molecule has 1 N–H and O–H groups in total. The molecule has 0 radical (unpaired) electrons. The lowest BCUT2D eigenvalue weighted by Gasteiger charge is -2.01. The van der Waals surface area contributed by atoms with Gasteiger partial charge in [0.25, 0.3) is 0 Å². The van der Waals surface area contributed by atoms with Crippen molar-refractivity contribution in [1.29, 1.82) is 0 Å². The maximum absolute atomic E-state index is 4.27. The van der Waals surface area contributed by atoms with Crippen molar-refractivity contribution in [1.82, 2.24) is 10.3 Å². The molecule has 0 aliphatic carbocycles. The Morgan fingerprint density at radius 1 is 1.50 bits per heavy atom. The molecular formula is C8H11BrN2S. The molecule has 1 rings (SSSR count). The van der Waals surface area contributed by atoms with E-state index in [1.54, 1.807) is 0 Å². The van der Waals surface area contributed by atoms with Crippen LogP contribution in [-0.2, 0) is 6.54 Å². The molecule has 0 aliphatic rings. The van der Waals surface area contributed by atoms with Gasteiger partial charge in [-0.05, 0) is 28.1 Å². The van der Waals surface area contributed by atoms with Gasteiger partial charge >= 0.3 is 0 Å². The van der Waals surface area contributed by atoms with Crippen molar-refractivity contribution in [2.24, 2.45) is 0 Å². The highest BCUT2D eigenvalue weighted by Crippen LogP contribution is 2.05. The standard InChI is InChI=1S/C8H11BrN2S/c9-8-3-1-2-7(11-8)6-10-4-5-12/h1-3,10,12H,4-6H2. The molecule has 12 heavy (non-hydrogen) atoms. The first-order valence-corrected chi connectivity index (χ1v) is 5.18. The third kappa shape index (κ3) is 3.56. The molecule has 0 fully saturated rings. The van der Waals surface area contributed by atoms with Crippen LogP contribution in [0.3, 0.4) is 0 Å². The van der Waals surface area contributed by atoms with Gasteiger partial charge in [-0.1, -0.05) is 6.07 Å². The summed E-state index contributed by atoms with van der Waals surface area (Å²) in [7, 11) is 0. The number of thiol groups is 1. The summed E-state index contributed by atoms with van der Waals surface area (Å²) < 4.78 is 0.882. The van der Waals surface area contributed by atoms with Gasteiger partial charge in [0.05, 0.1) is 5.69 Å². The van der Waals surface area contributed by atoms with Crippen LogP contribution in [0.4, 0.5) is 0 Å². The molecule has 0 unspecified atom stereocenters. The topological polar surface area (TPSA) is 24.9 Å². The van der Waals surface area contributed by atoms with E-state index in [1.807, 2.05) is 18.2 Å². The van der Waals surface area contributed by atoms with Crippen LogP contribution >= 0.6 is 28.6 Å². The van der Waals surface area contributed by atoms with Gasteiger partial charge in [-0.2, -0.15) is 12.6 Å². The Kier molecular flexibility index (Phi) is 4.65. The van der Waals surface area contributed by atoms with Gasteiger partial charge in [-0.3, -0.25) is 0 Å². The van der Waals surface area contributed by atoms with Crippen molar-refractivity contribution < 1.29 is 0 Å². The normalized spacial score (nSPS) is 10.2. The van der Waals surface area contributed by atoms with Crippen LogP contribution in [0.15, 0.2) is 22.8 Å². The number of pyridine rings is 1. The van der Waals surface area contributed by atoms with E-state index in [1.165, 1.54) is 0 Å². The highest BCUT2D eigenvalue weighted by atomic mass is 79.9. The van der Waals surface area contributed by atoms with Gasteiger partial charge in [0.2, 0.25) is 0 Å². The average molecular weight is 247 g/mol. The van der Waals surface area contributed by atoms with Crippen molar-refractivity contribution in [3.05, 3.63) is 28.5 Å². The molecule has 1 aromatic heterocycles. The maximum atomic E-state index is 4.27. The van der Waals surface area contributed by atoms with E-state index in [0.29, 0.717) is 0 Å². The van der Waals surface area contributed by atoms with Gasteiger partial charge in [-0.15, -0.1) is 0 Å². The Labute approximate surface area is 86.3 Å². The number of aromatic nitrogens is 1. The lowest BCUT2D eigenvalue weighted by molar-refractivity contribution is 0.715. The summed E-state index contributed by atoms with van der Waals surface area (Å²) in [5.41, 5.74) is 1.05. The van der Waals surface area contributed by atoms with E-state index in [2.05, 4.69) is 38.9 Å². The molecule has 0 saturated carbocycles. The molecule has 0 saturated heterocycles. The number of nitrogens with zero attached hydrogens (tertiary/aromatic N) is 1. The highest BCUT2D eigenvalue weighted by Gasteiger charge is 1.93. The van der Waals surface area contributed by atoms with E-state index >= 15 is 0 Å². The highest BCUT2D eigenvalue weighted by molar-refractivity contribution is 9.10. The second-order valence-electron chi connectivity index (χ2n) is 2.35. The second-order valence-corrected chi connectivity index (χ2v) is 3.61. The first-order valence-electron chi connectivity index (χ1n) is 3.76. The molecule has 2 nitrogen and oxygen atoms in total. The summed E-state index contributed by atoms with van der Waals surface area (Å²) in [5, 5.41) is 3.22. The van der Waals surface area contributed by atoms with Crippen LogP contribution in [0.2, 0.25) is 0 Å². The fraction of sp³-hybridized carbons (Fsp3) is 0.375. The Hall–Kier alpha value is -0.0600. The van der Waals surface area contributed by atoms with Gasteiger partial charge in [0.15, 0.2) is 0 Å². The van der Waals surface area contributed by atoms with E-state index in [0.717, 1.165) is 29.1 Å². The van der Waals surface area contributed by atoms with Crippen molar-refractivity contribution in [3.8, 4) is 0 Å². The van der Waals surface area contributed by atoms with Crippen LogP contribution in [0, 0.1) is 0 Å². The van der Waals surface area contributed by atoms with Crippen LogP contribution < -0.4 is 5.32 Å². The minimum atomic E-state index is 0.806. The zero-order valence-corrected chi connectivity index (χ0v) is 9.11. The molecule has 66 valence electrons. The van der Waals surface area contributed by atoms with E-state index in [4.69, 9.17) is 0 Å². The summed E-state index contributed by atoms with van der Waals surface area (Å²) in [6.07, 6.45) is 0. The molecule has 0 spiro atoms. The first-order chi connectivity index (χ1) is 5.83. The molecule has 0 amide bonds. The van der Waals surface area contributed by atoms with E-state index in [9.17, 15) is 0 Å². The first kappa shape index (κ1) is 10.0. The van der Waals surface area contributed by atoms with Crippen molar-refractivity contribution >= 4 is 28.6 Å². The largest absolute Gasteiger partial charge is 0.310 e. The zero-order valence-electron chi connectivity index (χ0n) is 6.63. The van der Waals surface area contributed by atoms with Gasteiger partial charge in [-0.25, -0.2) is 4.98 Å². The summed E-state index contributed by atoms with van der Waals surface area (Å²) in [6.45, 7) is 1.72. The number of nitrogens with one attached hydrogen (secondary N) is 1. The van der Waals surface area contributed by atoms with Crippen LogP contribution in [0.25, 0.3) is 0 Å². The van der Waals surface area contributed by atoms with Crippen LogP contribution in [0.1, 0.15) is 5.69 Å². The summed E-state index contributed by atoms with van der Waals surface area (Å²) in [6, 6.07) is 5.90. The minimum absolute atomic E-state index is 0.806. The molecule has 1 heterocycles. The monoisotopic (exact) mass is 246 g/mol. The predicted octanol–water partition coefficient (Wildman–Crippen LogP) is 1.86. The third-order valence-electron chi connectivity index (χ3n) is 1.37. The van der Waals surface area contributed by atoms with E-state index in [-0.39, 0.29) is 0 Å². The Balaban J connectivity index is 2.41. The fourth-order valence-electron chi connectivity index (χ4n) is 0.844. The van der Waals surface area contributed by atoms with Crippen LogP contribution in [0.5, 0.6) is 0 Å². The quantitative estimate of drug-likeness (QED) is 0.482. The van der Waals surface area contributed by atoms with Gasteiger partial charge < -0.3 is 5.32 Å². The van der Waals surface area contributed by atoms with Gasteiger partial charge in [0.1, 0.15) is 4.60 Å². The molecule has 0 aliphatic heterocycles.